The van der Waals surface area contributed by atoms with Crippen molar-refractivity contribution >= 4 is 21.6 Å². The molecule has 11 heavy (non-hydrogen) atoms. The van der Waals surface area contributed by atoms with Gasteiger partial charge >= 0.3 is 0 Å². The molecular weight excluding hydrogens is 192 g/mol. The van der Waals surface area contributed by atoms with Crippen LogP contribution in [0.3, 0.4) is 0 Å². The molecule has 0 aliphatic rings. The second-order valence-electron chi connectivity index (χ2n) is 1.91. The van der Waals surface area contributed by atoms with Crippen molar-refractivity contribution in [3.05, 3.63) is 10.7 Å². The average molecular weight is 197 g/mol. The van der Waals surface area contributed by atoms with Gasteiger partial charge in [-0.25, -0.2) is 13.6 Å². The number of hydrogen-bond acceptors (Lipinski definition) is 4. The van der Waals surface area contributed by atoms with E-state index in [1.807, 2.05) is 0 Å². The molecule has 1 aromatic heterocycles. The van der Waals surface area contributed by atoms with E-state index in [1.54, 1.807) is 0 Å². The predicted molar refractivity (Wildman–Crippen MR) is 37.6 cm³/mol. The summed E-state index contributed by atoms with van der Waals surface area (Å²) in [6, 6.07) is 0. The number of nitrogens with two attached hydrogens (primary N) is 1. The van der Waals surface area contributed by atoms with E-state index in [2.05, 4.69) is 9.68 Å². The van der Waals surface area contributed by atoms with Gasteiger partial charge in [0.2, 0.25) is 0 Å². The van der Waals surface area contributed by atoms with Crippen molar-refractivity contribution in [3.8, 4) is 0 Å². The molecule has 0 bridgehead atoms. The highest BCUT2D eigenvalue weighted by atomic mass is 35.5. The Hall–Kier alpha value is -0.590. The van der Waals surface area contributed by atoms with Crippen LogP contribution in [0.4, 0.5) is 0 Å². The Labute approximate surface area is 68.2 Å². The molecule has 5 nitrogen and oxygen atoms in total. The van der Waals surface area contributed by atoms with Crippen molar-refractivity contribution in [1.82, 2.24) is 5.16 Å². The summed E-state index contributed by atoms with van der Waals surface area (Å²) >= 11 is 5.48. The van der Waals surface area contributed by atoms with E-state index >= 15 is 0 Å². The zero-order valence-electron chi connectivity index (χ0n) is 5.54. The van der Waals surface area contributed by atoms with Crippen LogP contribution < -0.4 is 5.14 Å². The molecule has 0 aliphatic carbocycles. The summed E-state index contributed by atoms with van der Waals surface area (Å²) in [5.74, 6) is 0. The van der Waals surface area contributed by atoms with E-state index in [4.69, 9.17) is 16.7 Å². The van der Waals surface area contributed by atoms with Crippen LogP contribution in [0.1, 0.15) is 5.69 Å². The molecule has 0 saturated carbocycles. The Morgan fingerprint density at radius 1 is 1.64 bits per heavy atom. The van der Waals surface area contributed by atoms with Crippen LogP contribution >= 0.6 is 11.6 Å². The number of nitrogens with zero attached hydrogens (tertiary/aromatic N) is 1. The molecule has 7 heteroatoms. The Kier molecular flexibility index (Phi) is 1.91. The van der Waals surface area contributed by atoms with Gasteiger partial charge in [-0.15, -0.1) is 0 Å². The van der Waals surface area contributed by atoms with Crippen LogP contribution in [0.15, 0.2) is 9.62 Å². The minimum Gasteiger partial charge on any atom is -0.341 e. The SMILES string of the molecule is Cc1noc(S(N)(=O)=O)c1Cl. The molecule has 0 unspecified atom stereocenters. The Morgan fingerprint density at radius 2 is 2.18 bits per heavy atom. The summed E-state index contributed by atoms with van der Waals surface area (Å²) < 4.78 is 25.6. The first-order chi connectivity index (χ1) is 4.93. The number of sulfonamides is 1. The van der Waals surface area contributed by atoms with Crippen molar-refractivity contribution < 1.29 is 12.9 Å². The third-order valence-electron chi connectivity index (χ3n) is 1.02. The minimum atomic E-state index is -3.87. The molecule has 0 amide bonds. The number of primary sulfonamides is 1. The normalized spacial score (nSPS) is 11.9. The standard InChI is InChI=1S/C4H5ClN2O3S/c1-2-3(5)4(10-7-2)11(6,8)9/h1H3,(H2,6,8,9). The summed E-state index contributed by atoms with van der Waals surface area (Å²) in [6.07, 6.45) is 0. The van der Waals surface area contributed by atoms with Gasteiger partial charge in [-0.2, -0.15) is 0 Å². The lowest BCUT2D eigenvalue weighted by atomic mass is 10.5. The van der Waals surface area contributed by atoms with E-state index in [-0.39, 0.29) is 5.02 Å². The maximum absolute atomic E-state index is 10.6. The zero-order valence-corrected chi connectivity index (χ0v) is 7.11. The monoisotopic (exact) mass is 196 g/mol. The highest BCUT2D eigenvalue weighted by Gasteiger charge is 2.20. The molecule has 0 atom stereocenters. The minimum absolute atomic E-state index is 0.0625. The van der Waals surface area contributed by atoms with Gasteiger partial charge < -0.3 is 4.52 Å². The van der Waals surface area contributed by atoms with Gasteiger partial charge in [0.15, 0.2) is 0 Å². The Bertz CT molecular complexity index is 369. The topological polar surface area (TPSA) is 86.2 Å². The van der Waals surface area contributed by atoms with Crippen LogP contribution in [0, 0.1) is 6.92 Å². The van der Waals surface area contributed by atoms with Crippen LogP contribution in [0.25, 0.3) is 0 Å². The Balaban J connectivity index is 3.38. The first-order valence-electron chi connectivity index (χ1n) is 2.57. The first-order valence-corrected chi connectivity index (χ1v) is 4.50. The second-order valence-corrected chi connectivity index (χ2v) is 3.75. The van der Waals surface area contributed by atoms with E-state index in [9.17, 15) is 8.42 Å². The van der Waals surface area contributed by atoms with Crippen molar-refractivity contribution in [2.24, 2.45) is 5.14 Å². The maximum Gasteiger partial charge on any atom is 0.284 e. The van der Waals surface area contributed by atoms with E-state index in [1.165, 1.54) is 6.92 Å². The Morgan fingerprint density at radius 3 is 2.36 bits per heavy atom. The maximum atomic E-state index is 10.6. The lowest BCUT2D eigenvalue weighted by molar-refractivity contribution is 0.336. The third kappa shape index (κ3) is 1.52. The highest BCUT2D eigenvalue weighted by Crippen LogP contribution is 2.22. The molecule has 0 aromatic carbocycles. The smallest absolute Gasteiger partial charge is 0.284 e. The van der Waals surface area contributed by atoms with Gasteiger partial charge in [0.25, 0.3) is 15.1 Å². The lowest BCUT2D eigenvalue weighted by Gasteiger charge is -1.88. The number of hydrogen-bond donors (Lipinski definition) is 1. The van der Waals surface area contributed by atoms with E-state index in [0.717, 1.165) is 0 Å². The quantitative estimate of drug-likeness (QED) is 0.699. The van der Waals surface area contributed by atoms with Crippen LogP contribution in [-0.4, -0.2) is 13.6 Å². The summed E-state index contributed by atoms with van der Waals surface area (Å²) in [7, 11) is -3.87. The van der Waals surface area contributed by atoms with Gasteiger partial charge in [-0.1, -0.05) is 16.8 Å². The second kappa shape index (κ2) is 2.47. The van der Waals surface area contributed by atoms with Gasteiger partial charge in [0, 0.05) is 0 Å². The highest BCUT2D eigenvalue weighted by molar-refractivity contribution is 7.89. The average Bonchev–Trinajstić information content (AvgIpc) is 2.11. The lowest BCUT2D eigenvalue weighted by Crippen LogP contribution is -2.11. The van der Waals surface area contributed by atoms with Gasteiger partial charge in [-0.3, -0.25) is 0 Å². The molecule has 1 aromatic rings. The van der Waals surface area contributed by atoms with Crippen molar-refractivity contribution in [3.63, 3.8) is 0 Å². The molecule has 0 spiro atoms. The molecule has 0 aliphatic heterocycles. The van der Waals surface area contributed by atoms with Gasteiger partial charge in [0.1, 0.15) is 10.7 Å². The fourth-order valence-corrected chi connectivity index (χ4v) is 1.44. The number of aromatic nitrogens is 1. The third-order valence-corrected chi connectivity index (χ3v) is 2.37. The number of halogens is 1. The van der Waals surface area contributed by atoms with Crippen LogP contribution in [0.2, 0.25) is 5.02 Å². The van der Waals surface area contributed by atoms with Crippen LogP contribution in [0.5, 0.6) is 0 Å². The van der Waals surface area contributed by atoms with Crippen molar-refractivity contribution in [2.45, 2.75) is 12.0 Å². The van der Waals surface area contributed by atoms with Gasteiger partial charge in [-0.05, 0) is 6.92 Å². The zero-order chi connectivity index (χ0) is 8.65. The van der Waals surface area contributed by atoms with Crippen LogP contribution in [-0.2, 0) is 10.0 Å². The largest absolute Gasteiger partial charge is 0.341 e. The van der Waals surface area contributed by atoms with E-state index < -0.39 is 15.1 Å². The molecule has 0 saturated heterocycles. The molecule has 2 N–H and O–H groups in total. The number of rotatable bonds is 1. The van der Waals surface area contributed by atoms with Crippen molar-refractivity contribution in [1.29, 1.82) is 0 Å². The molecule has 62 valence electrons. The van der Waals surface area contributed by atoms with E-state index in [0.29, 0.717) is 5.69 Å². The fraction of sp³-hybridized carbons (Fsp3) is 0.250. The fourth-order valence-electron chi connectivity index (χ4n) is 0.515. The molecule has 0 fully saturated rings. The molecule has 1 heterocycles. The molecular formula is C4H5ClN2O3S. The summed E-state index contributed by atoms with van der Waals surface area (Å²) in [5, 5.41) is 7.49. The number of aryl methyl sites for hydroxylation is 1. The molecule has 0 radical (unpaired) electrons. The molecule has 1 rings (SSSR count). The summed E-state index contributed by atoms with van der Waals surface area (Å²) in [4.78, 5) is 0. The summed E-state index contributed by atoms with van der Waals surface area (Å²) in [6.45, 7) is 1.51. The van der Waals surface area contributed by atoms with Crippen molar-refractivity contribution in [2.75, 3.05) is 0 Å². The first kappa shape index (κ1) is 8.51. The summed E-state index contributed by atoms with van der Waals surface area (Å²) in [5.41, 5.74) is 0.302. The predicted octanol–water partition coefficient (Wildman–Crippen LogP) is 0.284. The van der Waals surface area contributed by atoms with Gasteiger partial charge in [0.05, 0.1) is 0 Å².